The van der Waals surface area contributed by atoms with Gasteiger partial charge in [-0.2, -0.15) is 5.26 Å². The van der Waals surface area contributed by atoms with E-state index in [1.807, 2.05) is 30.4 Å². The van der Waals surface area contributed by atoms with Crippen LogP contribution >= 0.6 is 0 Å². The van der Waals surface area contributed by atoms with Gasteiger partial charge in [-0.25, -0.2) is 0 Å². The van der Waals surface area contributed by atoms with E-state index in [9.17, 15) is 5.26 Å². The lowest BCUT2D eigenvalue weighted by molar-refractivity contribution is 0.0624. The molecule has 0 unspecified atom stereocenters. The maximum absolute atomic E-state index is 9.77. The second-order valence-corrected chi connectivity index (χ2v) is 10.5. The molecule has 0 aromatic heterocycles. The summed E-state index contributed by atoms with van der Waals surface area (Å²) in [6.45, 7) is 3.99. The Hall–Kier alpha value is -3.39. The van der Waals surface area contributed by atoms with Crippen molar-refractivity contribution < 1.29 is 9.47 Å². The third-order valence-electron chi connectivity index (χ3n) is 8.06. The van der Waals surface area contributed by atoms with E-state index in [0.29, 0.717) is 12.5 Å². The van der Waals surface area contributed by atoms with Crippen LogP contribution in [0.3, 0.4) is 0 Å². The minimum atomic E-state index is -0.934. The fourth-order valence-corrected chi connectivity index (χ4v) is 5.85. The monoisotopic (exact) mass is 506 g/mol. The summed E-state index contributed by atoms with van der Waals surface area (Å²) in [7, 11) is 1.80. The lowest BCUT2D eigenvalue weighted by Gasteiger charge is -2.33. The summed E-state index contributed by atoms with van der Waals surface area (Å²) in [5.41, 5.74) is 1.65. The Kier molecular flexibility index (Phi) is 8.58. The van der Waals surface area contributed by atoms with Gasteiger partial charge in [-0.3, -0.25) is 0 Å². The van der Waals surface area contributed by atoms with Gasteiger partial charge in [0.2, 0.25) is 0 Å². The molecule has 1 heterocycles. The Labute approximate surface area is 227 Å². The average molecular weight is 507 g/mol. The van der Waals surface area contributed by atoms with Gasteiger partial charge in [-0.05, 0) is 86.3 Å². The SMILES string of the molecule is COc1c(C2CCN(CCCCCOC3(C#N)C=CC(c4ccccc4)C=C3)CC2)ccc2ccccc12. The third-order valence-corrected chi connectivity index (χ3v) is 8.06. The van der Waals surface area contributed by atoms with Crippen LogP contribution in [0.1, 0.15) is 55.1 Å². The van der Waals surface area contributed by atoms with Crippen molar-refractivity contribution in [2.75, 3.05) is 33.4 Å². The summed E-state index contributed by atoms with van der Waals surface area (Å²) in [5.74, 6) is 1.81. The highest BCUT2D eigenvalue weighted by Gasteiger charge is 2.28. The molecule has 2 aliphatic rings. The summed E-state index contributed by atoms with van der Waals surface area (Å²) in [6.07, 6.45) is 13.6. The summed E-state index contributed by atoms with van der Waals surface area (Å²) >= 11 is 0. The summed E-state index contributed by atoms with van der Waals surface area (Å²) in [5, 5.41) is 12.2. The minimum Gasteiger partial charge on any atom is -0.496 e. The number of nitriles is 1. The van der Waals surface area contributed by atoms with Gasteiger partial charge in [-0.1, -0.05) is 78.9 Å². The highest BCUT2D eigenvalue weighted by atomic mass is 16.5. The second-order valence-electron chi connectivity index (χ2n) is 10.5. The molecule has 3 aromatic carbocycles. The molecular formula is C34H38N2O2. The summed E-state index contributed by atoms with van der Waals surface area (Å²) < 4.78 is 11.9. The lowest BCUT2D eigenvalue weighted by Crippen LogP contribution is -2.33. The Balaban J connectivity index is 1.02. The third kappa shape index (κ3) is 6.01. The Morgan fingerprint density at radius 2 is 1.63 bits per heavy atom. The lowest BCUT2D eigenvalue weighted by atomic mass is 9.87. The maximum atomic E-state index is 9.77. The van der Waals surface area contributed by atoms with Crippen molar-refractivity contribution in [1.29, 1.82) is 5.26 Å². The fourth-order valence-electron chi connectivity index (χ4n) is 5.85. The zero-order chi connectivity index (χ0) is 26.2. The first kappa shape index (κ1) is 26.2. The quantitative estimate of drug-likeness (QED) is 0.212. The molecule has 0 radical (unpaired) electrons. The molecule has 1 fully saturated rings. The largest absolute Gasteiger partial charge is 0.496 e. The predicted molar refractivity (Wildman–Crippen MR) is 155 cm³/mol. The molecule has 4 nitrogen and oxygen atoms in total. The van der Waals surface area contributed by atoms with Gasteiger partial charge in [0, 0.05) is 17.9 Å². The van der Waals surface area contributed by atoms with Crippen LogP contribution in [0, 0.1) is 11.3 Å². The number of unbranched alkanes of at least 4 members (excludes halogenated alkanes) is 2. The minimum absolute atomic E-state index is 0.202. The van der Waals surface area contributed by atoms with Crippen molar-refractivity contribution >= 4 is 10.8 Å². The van der Waals surface area contributed by atoms with Crippen molar-refractivity contribution in [2.45, 2.75) is 49.5 Å². The van der Waals surface area contributed by atoms with Crippen molar-refractivity contribution in [3.8, 4) is 11.8 Å². The summed E-state index contributed by atoms with van der Waals surface area (Å²) in [4.78, 5) is 2.60. The molecule has 0 amide bonds. The molecule has 0 spiro atoms. The molecule has 0 saturated carbocycles. The summed E-state index contributed by atoms with van der Waals surface area (Å²) in [6, 6.07) is 25.7. The van der Waals surface area contributed by atoms with Crippen LogP contribution in [0.2, 0.25) is 0 Å². The highest BCUT2D eigenvalue weighted by Crippen LogP contribution is 2.38. The van der Waals surface area contributed by atoms with Crippen LogP contribution in [-0.2, 0) is 4.74 Å². The van der Waals surface area contributed by atoms with Gasteiger partial charge in [0.05, 0.1) is 7.11 Å². The van der Waals surface area contributed by atoms with Gasteiger partial charge >= 0.3 is 0 Å². The van der Waals surface area contributed by atoms with E-state index in [-0.39, 0.29) is 5.92 Å². The standard InChI is InChI=1S/C34H38N2O2/c1-37-33-31-13-7-6-12-29(31)14-15-32(33)30-18-23-36(24-19-30)22-8-3-9-25-38-34(26-35)20-16-28(17-21-34)27-10-4-2-5-11-27/h2,4-7,10-17,20-21,28,30H,3,8-9,18-19,22-25H2,1H3. The van der Waals surface area contributed by atoms with Crippen LogP contribution in [0.25, 0.3) is 10.8 Å². The number of benzene rings is 3. The second kappa shape index (κ2) is 12.4. The van der Waals surface area contributed by atoms with Gasteiger partial charge in [0.25, 0.3) is 0 Å². The first-order chi connectivity index (χ1) is 18.7. The highest BCUT2D eigenvalue weighted by molar-refractivity contribution is 5.89. The van der Waals surface area contributed by atoms with Crippen LogP contribution in [0.15, 0.2) is 91.0 Å². The Morgan fingerprint density at radius 1 is 0.895 bits per heavy atom. The molecule has 0 atom stereocenters. The topological polar surface area (TPSA) is 45.5 Å². The number of likely N-dealkylation sites (tertiary alicyclic amines) is 1. The number of hydrogen-bond acceptors (Lipinski definition) is 4. The number of piperidine rings is 1. The van der Waals surface area contributed by atoms with Crippen molar-refractivity contribution in [3.63, 3.8) is 0 Å². The zero-order valence-corrected chi connectivity index (χ0v) is 22.4. The van der Waals surface area contributed by atoms with E-state index < -0.39 is 5.60 Å². The van der Waals surface area contributed by atoms with Crippen LogP contribution in [-0.4, -0.2) is 43.9 Å². The number of nitrogens with zero attached hydrogens (tertiary/aromatic N) is 2. The molecule has 4 heteroatoms. The predicted octanol–water partition coefficient (Wildman–Crippen LogP) is 7.39. The zero-order valence-electron chi connectivity index (χ0n) is 22.4. The number of allylic oxidation sites excluding steroid dienone is 2. The number of rotatable bonds is 10. The van der Waals surface area contributed by atoms with E-state index in [2.05, 4.69) is 71.7 Å². The molecule has 3 aromatic rings. The Morgan fingerprint density at radius 3 is 2.37 bits per heavy atom. The van der Waals surface area contributed by atoms with Gasteiger partial charge < -0.3 is 14.4 Å². The number of fused-ring (bicyclic) bond motifs is 1. The first-order valence-corrected chi connectivity index (χ1v) is 14.0. The number of methoxy groups -OCH3 is 1. The van der Waals surface area contributed by atoms with Crippen molar-refractivity contribution in [3.05, 3.63) is 102 Å². The molecule has 1 aliphatic carbocycles. The average Bonchev–Trinajstić information content (AvgIpc) is 2.99. The maximum Gasteiger partial charge on any atom is 0.191 e. The molecule has 38 heavy (non-hydrogen) atoms. The molecular weight excluding hydrogens is 468 g/mol. The molecule has 0 N–H and O–H groups in total. The van der Waals surface area contributed by atoms with Crippen molar-refractivity contribution in [2.24, 2.45) is 0 Å². The number of ether oxygens (including phenoxy) is 2. The van der Waals surface area contributed by atoms with Crippen LogP contribution in [0.5, 0.6) is 5.75 Å². The molecule has 196 valence electrons. The first-order valence-electron chi connectivity index (χ1n) is 14.0. The number of hydrogen-bond donors (Lipinski definition) is 0. The van der Waals surface area contributed by atoms with Crippen LogP contribution < -0.4 is 4.74 Å². The van der Waals surface area contributed by atoms with E-state index >= 15 is 0 Å². The van der Waals surface area contributed by atoms with E-state index in [4.69, 9.17) is 9.47 Å². The molecule has 1 aliphatic heterocycles. The van der Waals surface area contributed by atoms with E-state index in [1.54, 1.807) is 7.11 Å². The Bertz CT molecular complexity index is 1290. The van der Waals surface area contributed by atoms with Crippen LogP contribution in [0.4, 0.5) is 0 Å². The van der Waals surface area contributed by atoms with Gasteiger partial charge in [0.1, 0.15) is 11.8 Å². The fraction of sp³-hybridized carbons (Fsp3) is 0.382. The molecule has 5 rings (SSSR count). The smallest absolute Gasteiger partial charge is 0.191 e. The van der Waals surface area contributed by atoms with Gasteiger partial charge in [-0.15, -0.1) is 0 Å². The van der Waals surface area contributed by atoms with E-state index in [0.717, 1.165) is 44.6 Å². The molecule has 1 saturated heterocycles. The van der Waals surface area contributed by atoms with Crippen molar-refractivity contribution in [1.82, 2.24) is 4.90 Å². The normalized spacial score (nSPS) is 21.9. The van der Waals surface area contributed by atoms with E-state index in [1.165, 1.54) is 34.7 Å². The molecule has 0 bridgehead atoms. The van der Waals surface area contributed by atoms with Gasteiger partial charge in [0.15, 0.2) is 5.60 Å².